The highest BCUT2D eigenvalue weighted by Crippen LogP contribution is 2.41. The van der Waals surface area contributed by atoms with Gasteiger partial charge in [0.1, 0.15) is 5.60 Å². The van der Waals surface area contributed by atoms with E-state index in [1.807, 2.05) is 20.8 Å². The molecule has 0 saturated heterocycles. The Balaban J connectivity index is 2.29. The van der Waals surface area contributed by atoms with Gasteiger partial charge in [0.25, 0.3) is 0 Å². The van der Waals surface area contributed by atoms with Crippen LogP contribution in [-0.4, -0.2) is 24.3 Å². The molecule has 0 aliphatic heterocycles. The molecule has 4 heteroatoms. The SMILES string of the molecule is CC1(C)CCC(C(N)CNC(=O)OC(C)(C)C)C1. The fourth-order valence-electron chi connectivity index (χ4n) is 2.54. The Morgan fingerprint density at radius 1 is 1.50 bits per heavy atom. The molecule has 1 saturated carbocycles. The molecule has 3 N–H and O–H groups in total. The number of nitrogens with one attached hydrogen (secondary N) is 1. The zero-order chi connectivity index (χ0) is 14.0. The molecular formula is C14H28N2O2. The van der Waals surface area contributed by atoms with Gasteiger partial charge in [0.05, 0.1) is 0 Å². The van der Waals surface area contributed by atoms with Crippen molar-refractivity contribution in [3.05, 3.63) is 0 Å². The van der Waals surface area contributed by atoms with E-state index < -0.39 is 5.60 Å². The van der Waals surface area contributed by atoms with Crippen molar-refractivity contribution >= 4 is 6.09 Å². The Morgan fingerprint density at radius 2 is 2.11 bits per heavy atom. The van der Waals surface area contributed by atoms with Gasteiger partial charge >= 0.3 is 6.09 Å². The monoisotopic (exact) mass is 256 g/mol. The van der Waals surface area contributed by atoms with Crippen LogP contribution in [0.1, 0.15) is 53.9 Å². The van der Waals surface area contributed by atoms with Crippen molar-refractivity contribution in [3.63, 3.8) is 0 Å². The molecular weight excluding hydrogens is 228 g/mol. The first-order chi connectivity index (χ1) is 8.09. The first kappa shape index (κ1) is 15.3. The lowest BCUT2D eigenvalue weighted by molar-refractivity contribution is 0.0521. The second-order valence-corrected chi connectivity index (χ2v) is 7.21. The molecule has 1 amide bonds. The van der Waals surface area contributed by atoms with Gasteiger partial charge < -0.3 is 15.8 Å². The van der Waals surface area contributed by atoms with Gasteiger partial charge in [0, 0.05) is 12.6 Å². The fourth-order valence-corrected chi connectivity index (χ4v) is 2.54. The first-order valence-corrected chi connectivity index (χ1v) is 6.81. The molecule has 106 valence electrons. The summed E-state index contributed by atoms with van der Waals surface area (Å²) in [4.78, 5) is 11.5. The third-order valence-corrected chi connectivity index (χ3v) is 3.49. The van der Waals surface area contributed by atoms with Gasteiger partial charge in [-0.2, -0.15) is 0 Å². The van der Waals surface area contributed by atoms with Gasteiger partial charge in [-0.15, -0.1) is 0 Å². The van der Waals surface area contributed by atoms with E-state index in [0.717, 1.165) is 12.8 Å². The molecule has 0 aromatic carbocycles. The minimum Gasteiger partial charge on any atom is -0.444 e. The topological polar surface area (TPSA) is 64.3 Å². The molecule has 18 heavy (non-hydrogen) atoms. The van der Waals surface area contributed by atoms with Crippen molar-refractivity contribution < 1.29 is 9.53 Å². The number of rotatable bonds is 3. The summed E-state index contributed by atoms with van der Waals surface area (Å²) in [6, 6.07) is 0.0271. The van der Waals surface area contributed by atoms with Crippen LogP contribution in [0.25, 0.3) is 0 Å². The first-order valence-electron chi connectivity index (χ1n) is 6.81. The number of alkyl carbamates (subject to hydrolysis) is 1. The number of hydrogen-bond donors (Lipinski definition) is 2. The lowest BCUT2D eigenvalue weighted by Crippen LogP contribution is -2.43. The van der Waals surface area contributed by atoms with Crippen molar-refractivity contribution in [2.45, 2.75) is 65.5 Å². The molecule has 1 fully saturated rings. The predicted octanol–water partition coefficient (Wildman–Crippen LogP) is 2.66. The third kappa shape index (κ3) is 5.25. The standard InChI is InChI=1S/C14H28N2O2/c1-13(2,3)18-12(17)16-9-11(15)10-6-7-14(4,5)8-10/h10-11H,6-9,15H2,1-5H3,(H,16,17). The van der Waals surface area contributed by atoms with Gasteiger partial charge in [0.2, 0.25) is 0 Å². The summed E-state index contributed by atoms with van der Waals surface area (Å²) in [5.74, 6) is 0.509. The van der Waals surface area contributed by atoms with E-state index in [4.69, 9.17) is 10.5 Å². The summed E-state index contributed by atoms with van der Waals surface area (Å²) in [7, 11) is 0. The molecule has 0 aromatic rings. The van der Waals surface area contributed by atoms with Crippen molar-refractivity contribution in [2.24, 2.45) is 17.1 Å². The second-order valence-electron chi connectivity index (χ2n) is 7.21. The Hall–Kier alpha value is -0.770. The van der Waals surface area contributed by atoms with Gasteiger partial charge in [-0.1, -0.05) is 13.8 Å². The molecule has 0 aromatic heterocycles. The largest absolute Gasteiger partial charge is 0.444 e. The number of amides is 1. The number of carbonyl (C=O) groups excluding carboxylic acids is 1. The molecule has 0 spiro atoms. The maximum Gasteiger partial charge on any atom is 0.407 e. The summed E-state index contributed by atoms with van der Waals surface area (Å²) < 4.78 is 5.19. The summed E-state index contributed by atoms with van der Waals surface area (Å²) in [5, 5.41) is 2.76. The second kappa shape index (κ2) is 5.47. The van der Waals surface area contributed by atoms with Gasteiger partial charge in [-0.25, -0.2) is 4.79 Å². The highest BCUT2D eigenvalue weighted by atomic mass is 16.6. The average molecular weight is 256 g/mol. The van der Waals surface area contributed by atoms with Crippen LogP contribution in [0.4, 0.5) is 4.79 Å². The molecule has 0 bridgehead atoms. The van der Waals surface area contributed by atoms with E-state index in [0.29, 0.717) is 17.9 Å². The normalized spacial score (nSPS) is 24.7. The molecule has 2 atom stereocenters. The van der Waals surface area contributed by atoms with Crippen molar-refractivity contribution in [2.75, 3.05) is 6.54 Å². The summed E-state index contributed by atoms with van der Waals surface area (Å²) in [6.07, 6.45) is 3.14. The minimum atomic E-state index is -0.455. The molecule has 4 nitrogen and oxygen atoms in total. The Kier molecular flexibility index (Phi) is 4.65. The average Bonchev–Trinajstić information content (AvgIpc) is 2.52. The van der Waals surface area contributed by atoms with Crippen molar-refractivity contribution in [1.82, 2.24) is 5.32 Å². The van der Waals surface area contributed by atoms with Gasteiger partial charge in [-0.05, 0) is 51.4 Å². The van der Waals surface area contributed by atoms with Crippen LogP contribution in [-0.2, 0) is 4.74 Å². The number of hydrogen-bond acceptors (Lipinski definition) is 3. The highest BCUT2D eigenvalue weighted by molar-refractivity contribution is 5.67. The molecule has 0 radical (unpaired) electrons. The van der Waals surface area contributed by atoms with Gasteiger partial charge in [-0.3, -0.25) is 0 Å². The smallest absolute Gasteiger partial charge is 0.407 e. The molecule has 1 aliphatic carbocycles. The number of nitrogens with two attached hydrogens (primary N) is 1. The summed E-state index contributed by atoms with van der Waals surface area (Å²) in [6.45, 7) is 10.6. The van der Waals surface area contributed by atoms with Crippen molar-refractivity contribution in [1.29, 1.82) is 0 Å². The lowest BCUT2D eigenvalue weighted by atomic mass is 9.89. The Labute approximate surface area is 111 Å². The van der Waals surface area contributed by atoms with Crippen LogP contribution in [0.3, 0.4) is 0 Å². The van der Waals surface area contributed by atoms with Crippen molar-refractivity contribution in [3.8, 4) is 0 Å². The van der Waals surface area contributed by atoms with Gasteiger partial charge in [0.15, 0.2) is 0 Å². The third-order valence-electron chi connectivity index (χ3n) is 3.49. The molecule has 2 unspecified atom stereocenters. The zero-order valence-electron chi connectivity index (χ0n) is 12.4. The lowest BCUT2D eigenvalue weighted by Gasteiger charge is -2.24. The highest BCUT2D eigenvalue weighted by Gasteiger charge is 2.34. The van der Waals surface area contributed by atoms with Crippen LogP contribution >= 0.6 is 0 Å². The van der Waals surface area contributed by atoms with Crippen LogP contribution in [0.2, 0.25) is 0 Å². The Bertz CT molecular complexity index is 295. The van der Waals surface area contributed by atoms with E-state index >= 15 is 0 Å². The molecule has 1 rings (SSSR count). The van der Waals surface area contributed by atoms with Crippen LogP contribution in [0.5, 0.6) is 0 Å². The van der Waals surface area contributed by atoms with Crippen LogP contribution in [0, 0.1) is 11.3 Å². The minimum absolute atomic E-state index is 0.0271. The summed E-state index contributed by atoms with van der Waals surface area (Å²) >= 11 is 0. The predicted molar refractivity (Wildman–Crippen MR) is 73.3 cm³/mol. The van der Waals surface area contributed by atoms with E-state index in [1.54, 1.807) is 0 Å². The van der Waals surface area contributed by atoms with E-state index in [2.05, 4.69) is 19.2 Å². The quantitative estimate of drug-likeness (QED) is 0.816. The fraction of sp³-hybridized carbons (Fsp3) is 0.929. The van der Waals surface area contributed by atoms with Crippen LogP contribution < -0.4 is 11.1 Å². The maximum absolute atomic E-state index is 11.5. The van der Waals surface area contributed by atoms with E-state index in [-0.39, 0.29) is 12.1 Å². The zero-order valence-corrected chi connectivity index (χ0v) is 12.4. The molecule has 1 aliphatic rings. The Morgan fingerprint density at radius 3 is 2.56 bits per heavy atom. The maximum atomic E-state index is 11.5. The van der Waals surface area contributed by atoms with E-state index in [1.165, 1.54) is 6.42 Å². The number of carbonyl (C=O) groups is 1. The summed E-state index contributed by atoms with van der Waals surface area (Å²) in [5.41, 5.74) is 6.08. The van der Waals surface area contributed by atoms with Crippen LogP contribution in [0.15, 0.2) is 0 Å². The van der Waals surface area contributed by atoms with E-state index in [9.17, 15) is 4.79 Å². The number of ether oxygens (including phenoxy) is 1. The molecule has 0 heterocycles.